The molecule has 0 spiro atoms. The second-order valence-electron chi connectivity index (χ2n) is 9.15. The molecule has 0 N–H and O–H groups in total. The minimum atomic E-state index is -0.372. The van der Waals surface area contributed by atoms with Crippen molar-refractivity contribution in [3.8, 4) is 0 Å². The summed E-state index contributed by atoms with van der Waals surface area (Å²) >= 11 is 0. The highest BCUT2D eigenvalue weighted by Crippen LogP contribution is 2.35. The smallest absolute Gasteiger partial charge is 0.353 e. The zero-order chi connectivity index (χ0) is 25.6. The van der Waals surface area contributed by atoms with Crippen LogP contribution in [0.15, 0.2) is 67.0 Å². The predicted octanol–water partition coefficient (Wildman–Crippen LogP) is 3.69. The fourth-order valence-electron chi connectivity index (χ4n) is 4.90. The Morgan fingerprint density at radius 1 is 0.811 bits per heavy atom. The number of para-hydroxylation sites is 1. The Labute approximate surface area is 215 Å². The summed E-state index contributed by atoms with van der Waals surface area (Å²) < 4.78 is 14.2. The Morgan fingerprint density at radius 2 is 1.38 bits per heavy atom. The van der Waals surface area contributed by atoms with E-state index in [0.717, 1.165) is 19.6 Å². The van der Waals surface area contributed by atoms with E-state index in [9.17, 15) is 14.5 Å². The number of benzene rings is 2. The van der Waals surface area contributed by atoms with Gasteiger partial charge in [0, 0.05) is 58.9 Å². The maximum atomic E-state index is 14.2. The molecule has 0 bridgehead atoms. The van der Waals surface area contributed by atoms with E-state index in [1.54, 1.807) is 12.1 Å². The van der Waals surface area contributed by atoms with Crippen LogP contribution in [0.25, 0.3) is 6.08 Å². The van der Waals surface area contributed by atoms with E-state index >= 15 is 0 Å². The van der Waals surface area contributed by atoms with Gasteiger partial charge in [0.1, 0.15) is 12.1 Å². The van der Waals surface area contributed by atoms with Gasteiger partial charge in [-0.1, -0.05) is 54.6 Å². The zero-order valence-corrected chi connectivity index (χ0v) is 20.6. The summed E-state index contributed by atoms with van der Waals surface area (Å²) in [5, 5.41) is 12.2. The van der Waals surface area contributed by atoms with E-state index in [2.05, 4.69) is 39.2 Å². The van der Waals surface area contributed by atoms with E-state index in [1.807, 2.05) is 39.0 Å². The van der Waals surface area contributed by atoms with E-state index in [-0.39, 0.29) is 16.4 Å². The molecule has 3 aromatic rings. The van der Waals surface area contributed by atoms with E-state index in [1.165, 1.54) is 18.0 Å². The highest BCUT2D eigenvalue weighted by molar-refractivity contribution is 5.72. The molecule has 9 nitrogen and oxygen atoms in total. The number of hydrogen-bond acceptors (Lipinski definition) is 8. The Bertz CT molecular complexity index is 1240. The third-order valence-electron chi connectivity index (χ3n) is 6.88. The van der Waals surface area contributed by atoms with Gasteiger partial charge in [-0.05, 0) is 17.7 Å². The zero-order valence-electron chi connectivity index (χ0n) is 20.6. The van der Waals surface area contributed by atoms with E-state index < -0.39 is 0 Å². The molecule has 0 radical (unpaired) electrons. The predicted molar refractivity (Wildman–Crippen MR) is 144 cm³/mol. The van der Waals surface area contributed by atoms with Gasteiger partial charge in [0.25, 0.3) is 0 Å². The summed E-state index contributed by atoms with van der Waals surface area (Å²) in [6.45, 7) is 5.81. The van der Waals surface area contributed by atoms with E-state index in [0.29, 0.717) is 56.6 Å². The van der Waals surface area contributed by atoms with Crippen LogP contribution in [0.2, 0.25) is 0 Å². The van der Waals surface area contributed by atoms with Gasteiger partial charge in [0.2, 0.25) is 11.6 Å². The minimum absolute atomic E-state index is 0.0562. The van der Waals surface area contributed by atoms with Crippen molar-refractivity contribution in [2.75, 3.05) is 73.6 Å². The Kier molecular flexibility index (Phi) is 7.55. The molecule has 0 unspecified atom stereocenters. The first-order valence-electron chi connectivity index (χ1n) is 12.5. The van der Waals surface area contributed by atoms with Crippen LogP contribution < -0.4 is 14.7 Å². The van der Waals surface area contributed by atoms with Crippen molar-refractivity contribution in [1.82, 2.24) is 14.9 Å². The van der Waals surface area contributed by atoms with E-state index in [4.69, 9.17) is 0 Å². The first-order chi connectivity index (χ1) is 18.1. The van der Waals surface area contributed by atoms with Crippen molar-refractivity contribution >= 4 is 29.1 Å². The van der Waals surface area contributed by atoms with Crippen LogP contribution in [0.5, 0.6) is 0 Å². The standard InChI is InChI=1S/C27H30FN7O2/c28-23-10-4-5-11-24(23)32-17-19-34(20-18-32)27-25(35(36)37)26(29-21-30-27)33-15-13-31(14-16-33)12-6-9-22-7-2-1-3-8-22/h1-11,21H,12-20H2. The SMILES string of the molecule is O=[N+]([O-])c1c(N2CCN(CC=Cc3ccccc3)CC2)ncnc1N1CCN(c2ccccc2F)CC1. The highest BCUT2D eigenvalue weighted by atomic mass is 19.1. The fourth-order valence-corrected chi connectivity index (χ4v) is 4.90. The van der Waals surface area contributed by atoms with Crippen LogP contribution in [-0.2, 0) is 0 Å². The number of nitro groups is 1. The molecule has 10 heteroatoms. The molecule has 1 aromatic heterocycles. The first kappa shape index (κ1) is 24.6. The summed E-state index contributed by atoms with van der Waals surface area (Å²) in [5.41, 5.74) is 1.66. The van der Waals surface area contributed by atoms with Crippen molar-refractivity contribution in [3.63, 3.8) is 0 Å². The van der Waals surface area contributed by atoms with Crippen molar-refractivity contribution in [3.05, 3.63) is 88.5 Å². The maximum absolute atomic E-state index is 14.2. The maximum Gasteiger partial charge on any atom is 0.353 e. The molecule has 0 saturated carbocycles. The molecule has 0 atom stereocenters. The topological polar surface area (TPSA) is 81.9 Å². The lowest BCUT2D eigenvalue weighted by molar-refractivity contribution is -0.383. The summed E-state index contributed by atoms with van der Waals surface area (Å²) in [7, 11) is 0. The van der Waals surface area contributed by atoms with Crippen LogP contribution in [0.3, 0.4) is 0 Å². The molecule has 2 aliphatic heterocycles. The summed E-state index contributed by atoms with van der Waals surface area (Å²) in [4.78, 5) is 28.6. The van der Waals surface area contributed by atoms with Crippen molar-refractivity contribution < 1.29 is 9.31 Å². The van der Waals surface area contributed by atoms with Gasteiger partial charge < -0.3 is 14.7 Å². The van der Waals surface area contributed by atoms with Crippen LogP contribution in [0.4, 0.5) is 27.4 Å². The van der Waals surface area contributed by atoms with Gasteiger partial charge in [-0.25, -0.2) is 14.4 Å². The fraction of sp³-hybridized carbons (Fsp3) is 0.333. The quantitative estimate of drug-likeness (QED) is 0.357. The second kappa shape index (κ2) is 11.3. The number of piperazine rings is 2. The molecular weight excluding hydrogens is 473 g/mol. The van der Waals surface area contributed by atoms with Gasteiger partial charge in [-0.15, -0.1) is 0 Å². The second-order valence-corrected chi connectivity index (χ2v) is 9.15. The van der Waals surface area contributed by atoms with Gasteiger partial charge in [-0.3, -0.25) is 15.0 Å². The number of anilines is 3. The lowest BCUT2D eigenvalue weighted by Gasteiger charge is -2.37. The lowest BCUT2D eigenvalue weighted by Crippen LogP contribution is -2.48. The number of aromatic nitrogens is 2. The summed E-state index contributed by atoms with van der Waals surface area (Å²) in [6, 6.07) is 16.9. The number of rotatable bonds is 7. The average molecular weight is 504 g/mol. The van der Waals surface area contributed by atoms with Gasteiger partial charge in [-0.2, -0.15) is 0 Å². The normalized spacial score (nSPS) is 16.9. The van der Waals surface area contributed by atoms with Gasteiger partial charge >= 0.3 is 5.69 Å². The minimum Gasteiger partial charge on any atom is -0.366 e. The lowest BCUT2D eigenvalue weighted by atomic mass is 10.2. The molecule has 5 rings (SSSR count). The molecule has 0 amide bonds. The molecule has 0 aliphatic carbocycles. The highest BCUT2D eigenvalue weighted by Gasteiger charge is 2.33. The Morgan fingerprint density at radius 3 is 2.00 bits per heavy atom. The Balaban J connectivity index is 1.24. The van der Waals surface area contributed by atoms with Gasteiger partial charge in [0.15, 0.2) is 0 Å². The van der Waals surface area contributed by atoms with Crippen molar-refractivity contribution in [2.24, 2.45) is 0 Å². The average Bonchev–Trinajstić information content (AvgIpc) is 2.94. The molecule has 2 aromatic carbocycles. The van der Waals surface area contributed by atoms with Gasteiger partial charge in [0.05, 0.1) is 10.6 Å². The summed E-state index contributed by atoms with van der Waals surface area (Å²) in [6.07, 6.45) is 5.67. The largest absolute Gasteiger partial charge is 0.366 e. The van der Waals surface area contributed by atoms with Crippen LogP contribution in [0.1, 0.15) is 5.56 Å². The molecular formula is C27H30FN7O2. The monoisotopic (exact) mass is 503 g/mol. The Hall–Kier alpha value is -4.05. The van der Waals surface area contributed by atoms with Crippen molar-refractivity contribution in [2.45, 2.75) is 0 Å². The first-order valence-corrected chi connectivity index (χ1v) is 12.5. The van der Waals surface area contributed by atoms with Crippen LogP contribution >= 0.6 is 0 Å². The molecule has 37 heavy (non-hydrogen) atoms. The number of hydrogen-bond donors (Lipinski definition) is 0. The van der Waals surface area contributed by atoms with Crippen molar-refractivity contribution in [1.29, 1.82) is 0 Å². The third kappa shape index (κ3) is 5.69. The molecule has 3 heterocycles. The molecule has 2 saturated heterocycles. The number of nitrogens with zero attached hydrogens (tertiary/aromatic N) is 7. The summed E-state index contributed by atoms with van der Waals surface area (Å²) in [5.74, 6) is 0.434. The van der Waals surface area contributed by atoms with Crippen LogP contribution in [0, 0.1) is 15.9 Å². The number of halogens is 1. The molecule has 2 fully saturated rings. The molecule has 2 aliphatic rings. The van der Waals surface area contributed by atoms with Crippen LogP contribution in [-0.4, -0.2) is 78.7 Å². The molecule has 192 valence electrons. The third-order valence-corrected chi connectivity index (χ3v) is 6.88.